The van der Waals surface area contributed by atoms with Gasteiger partial charge in [0.05, 0.1) is 12.3 Å². The second-order valence-corrected chi connectivity index (χ2v) is 3.63. The molecule has 0 aliphatic carbocycles. The van der Waals surface area contributed by atoms with Gasteiger partial charge in [-0.3, -0.25) is 4.68 Å². The summed E-state index contributed by atoms with van der Waals surface area (Å²) in [5.41, 5.74) is 0.465. The predicted octanol–water partition coefficient (Wildman–Crippen LogP) is 1.12. The standard InChI is InChI=1S/C10H15F2N3O3/c1-6-8(10(16)17)9(15(2)14-6)13-3-4-18-5-7(11)12/h7,13H,3-5H2,1-2H3,(H,16,17). The number of alkyl halides is 2. The molecule has 0 radical (unpaired) electrons. The van der Waals surface area contributed by atoms with Crippen LogP contribution in [0.3, 0.4) is 0 Å². The van der Waals surface area contributed by atoms with E-state index in [-0.39, 0.29) is 18.7 Å². The minimum atomic E-state index is -2.50. The molecule has 18 heavy (non-hydrogen) atoms. The maximum Gasteiger partial charge on any atom is 0.341 e. The van der Waals surface area contributed by atoms with Crippen molar-refractivity contribution >= 4 is 11.8 Å². The van der Waals surface area contributed by atoms with Crippen LogP contribution in [0.15, 0.2) is 0 Å². The number of aryl methyl sites for hydroxylation is 2. The van der Waals surface area contributed by atoms with Crippen molar-refractivity contribution < 1.29 is 23.4 Å². The number of aromatic nitrogens is 2. The van der Waals surface area contributed by atoms with E-state index in [1.807, 2.05) is 0 Å². The molecule has 0 aliphatic heterocycles. The average Bonchev–Trinajstić information content (AvgIpc) is 2.52. The summed E-state index contributed by atoms with van der Waals surface area (Å²) in [6, 6.07) is 0. The monoisotopic (exact) mass is 263 g/mol. The van der Waals surface area contributed by atoms with E-state index in [4.69, 9.17) is 5.11 Å². The summed E-state index contributed by atoms with van der Waals surface area (Å²) in [6.07, 6.45) is -2.50. The van der Waals surface area contributed by atoms with Gasteiger partial charge in [-0.1, -0.05) is 0 Å². The van der Waals surface area contributed by atoms with Gasteiger partial charge in [0.25, 0.3) is 6.43 Å². The van der Waals surface area contributed by atoms with Crippen molar-refractivity contribution in [3.63, 3.8) is 0 Å². The van der Waals surface area contributed by atoms with E-state index < -0.39 is 19.0 Å². The molecule has 0 fully saturated rings. The third kappa shape index (κ3) is 3.66. The van der Waals surface area contributed by atoms with E-state index in [2.05, 4.69) is 15.2 Å². The van der Waals surface area contributed by atoms with Crippen LogP contribution in [0.1, 0.15) is 16.1 Å². The lowest BCUT2D eigenvalue weighted by atomic mass is 10.2. The van der Waals surface area contributed by atoms with Crippen LogP contribution in [0.5, 0.6) is 0 Å². The molecule has 0 saturated heterocycles. The molecule has 2 N–H and O–H groups in total. The average molecular weight is 263 g/mol. The fourth-order valence-electron chi connectivity index (χ4n) is 1.53. The number of nitrogens with zero attached hydrogens (tertiary/aromatic N) is 2. The molecule has 1 aromatic rings. The van der Waals surface area contributed by atoms with Gasteiger partial charge in [0.15, 0.2) is 0 Å². The molecule has 102 valence electrons. The lowest BCUT2D eigenvalue weighted by molar-refractivity contribution is 0.0214. The summed E-state index contributed by atoms with van der Waals surface area (Å²) in [5, 5.41) is 15.8. The smallest absolute Gasteiger partial charge is 0.341 e. The highest BCUT2D eigenvalue weighted by atomic mass is 19.3. The van der Waals surface area contributed by atoms with Gasteiger partial charge in [-0.2, -0.15) is 5.10 Å². The Labute approximate surface area is 103 Å². The third-order valence-electron chi connectivity index (χ3n) is 2.22. The summed E-state index contributed by atoms with van der Waals surface area (Å²) in [4.78, 5) is 11.0. The molecule has 0 atom stereocenters. The maximum atomic E-state index is 11.8. The van der Waals surface area contributed by atoms with Crippen LogP contribution in [0.2, 0.25) is 0 Å². The lowest BCUT2D eigenvalue weighted by Crippen LogP contribution is -2.16. The van der Waals surface area contributed by atoms with Crippen LogP contribution in [-0.4, -0.2) is 47.0 Å². The number of carboxylic acids is 1. The topological polar surface area (TPSA) is 76.4 Å². The van der Waals surface area contributed by atoms with Gasteiger partial charge in [0.2, 0.25) is 0 Å². The molecule has 1 heterocycles. The summed E-state index contributed by atoms with van der Waals surface area (Å²) in [6.45, 7) is 1.25. The van der Waals surface area contributed by atoms with E-state index in [9.17, 15) is 13.6 Å². The molecule has 0 amide bonds. The Hall–Kier alpha value is -1.70. The first-order valence-electron chi connectivity index (χ1n) is 5.30. The minimum absolute atomic E-state index is 0.0631. The minimum Gasteiger partial charge on any atom is -0.477 e. The maximum absolute atomic E-state index is 11.8. The molecule has 1 aromatic heterocycles. The van der Waals surface area contributed by atoms with Crippen molar-refractivity contribution in [1.82, 2.24) is 9.78 Å². The number of carbonyl (C=O) groups is 1. The Balaban J connectivity index is 2.54. The van der Waals surface area contributed by atoms with E-state index in [1.54, 1.807) is 14.0 Å². The van der Waals surface area contributed by atoms with Crippen LogP contribution >= 0.6 is 0 Å². The SMILES string of the molecule is Cc1nn(C)c(NCCOCC(F)F)c1C(=O)O. The quantitative estimate of drug-likeness (QED) is 0.721. The van der Waals surface area contributed by atoms with E-state index >= 15 is 0 Å². The number of hydrogen-bond acceptors (Lipinski definition) is 4. The number of hydrogen-bond donors (Lipinski definition) is 2. The normalized spacial score (nSPS) is 10.9. The highest BCUT2D eigenvalue weighted by Crippen LogP contribution is 2.18. The lowest BCUT2D eigenvalue weighted by Gasteiger charge is -2.08. The van der Waals surface area contributed by atoms with Crippen molar-refractivity contribution in [3.05, 3.63) is 11.3 Å². The van der Waals surface area contributed by atoms with Crippen LogP contribution in [0, 0.1) is 6.92 Å². The fraction of sp³-hybridized carbons (Fsp3) is 0.600. The Morgan fingerprint density at radius 2 is 2.28 bits per heavy atom. The third-order valence-corrected chi connectivity index (χ3v) is 2.22. The van der Waals surface area contributed by atoms with Gasteiger partial charge in [0, 0.05) is 13.6 Å². The van der Waals surface area contributed by atoms with E-state index in [1.165, 1.54) is 4.68 Å². The zero-order chi connectivity index (χ0) is 13.7. The number of anilines is 1. The number of aromatic carboxylic acids is 1. The molecule has 0 bridgehead atoms. The molecule has 0 aliphatic rings. The molecule has 6 nitrogen and oxygen atoms in total. The van der Waals surface area contributed by atoms with E-state index in [0.29, 0.717) is 11.5 Å². The molecule has 1 rings (SSSR count). The first kappa shape index (κ1) is 14.4. The molecule has 8 heteroatoms. The van der Waals surface area contributed by atoms with Crippen LogP contribution in [-0.2, 0) is 11.8 Å². The van der Waals surface area contributed by atoms with Crippen LogP contribution < -0.4 is 5.32 Å². The van der Waals surface area contributed by atoms with Crippen molar-refractivity contribution in [3.8, 4) is 0 Å². The van der Waals surface area contributed by atoms with Gasteiger partial charge in [-0.05, 0) is 6.92 Å². The highest BCUT2D eigenvalue weighted by Gasteiger charge is 2.18. The van der Waals surface area contributed by atoms with Crippen LogP contribution in [0.25, 0.3) is 0 Å². The largest absolute Gasteiger partial charge is 0.477 e. The molecule has 0 spiro atoms. The first-order chi connectivity index (χ1) is 8.43. The summed E-state index contributed by atoms with van der Waals surface area (Å²) in [5.74, 6) is -0.753. The van der Waals surface area contributed by atoms with Crippen molar-refractivity contribution in [2.75, 3.05) is 25.1 Å². The van der Waals surface area contributed by atoms with Gasteiger partial charge in [0.1, 0.15) is 18.0 Å². The van der Waals surface area contributed by atoms with Crippen molar-refractivity contribution in [2.24, 2.45) is 7.05 Å². The first-order valence-corrected chi connectivity index (χ1v) is 5.30. The zero-order valence-electron chi connectivity index (χ0n) is 10.1. The van der Waals surface area contributed by atoms with Gasteiger partial charge in [-0.15, -0.1) is 0 Å². The summed E-state index contributed by atoms with van der Waals surface area (Å²) < 4.78 is 29.6. The van der Waals surface area contributed by atoms with Crippen LogP contribution in [0.4, 0.5) is 14.6 Å². The van der Waals surface area contributed by atoms with E-state index in [0.717, 1.165) is 0 Å². The van der Waals surface area contributed by atoms with Crippen molar-refractivity contribution in [1.29, 1.82) is 0 Å². The Morgan fingerprint density at radius 3 is 2.83 bits per heavy atom. The molecule has 0 aromatic carbocycles. The molecule has 0 saturated carbocycles. The second-order valence-electron chi connectivity index (χ2n) is 3.63. The Bertz CT molecular complexity index is 421. The number of rotatable bonds is 7. The van der Waals surface area contributed by atoms with Gasteiger partial charge < -0.3 is 15.2 Å². The van der Waals surface area contributed by atoms with Gasteiger partial charge >= 0.3 is 5.97 Å². The molecule has 0 unspecified atom stereocenters. The van der Waals surface area contributed by atoms with Crippen molar-refractivity contribution in [2.45, 2.75) is 13.3 Å². The molecular weight excluding hydrogens is 248 g/mol. The predicted molar refractivity (Wildman–Crippen MR) is 60.2 cm³/mol. The number of carboxylic acid groups (broad SMARTS) is 1. The Morgan fingerprint density at radius 1 is 1.61 bits per heavy atom. The Kier molecular flexibility index (Phi) is 5.02. The summed E-state index contributed by atoms with van der Waals surface area (Å²) in [7, 11) is 1.60. The van der Waals surface area contributed by atoms with Gasteiger partial charge in [-0.25, -0.2) is 13.6 Å². The zero-order valence-corrected chi connectivity index (χ0v) is 10.1. The number of halogens is 2. The summed E-state index contributed by atoms with van der Waals surface area (Å²) >= 11 is 0. The second kappa shape index (κ2) is 6.29. The molecular formula is C10H15F2N3O3. The highest BCUT2D eigenvalue weighted by molar-refractivity contribution is 5.94. The fourth-order valence-corrected chi connectivity index (χ4v) is 1.53. The number of ether oxygens (including phenoxy) is 1. The number of nitrogens with one attached hydrogen (secondary N) is 1.